The zero-order valence-corrected chi connectivity index (χ0v) is 15.3. The van der Waals surface area contributed by atoms with Crippen LogP contribution in [0.15, 0.2) is 24.3 Å². The monoisotopic (exact) mass is 368 g/mol. The largest absolute Gasteiger partial charge is 0.573 e. The van der Waals surface area contributed by atoms with Crippen LogP contribution in [0.5, 0.6) is 11.5 Å². The van der Waals surface area contributed by atoms with Crippen LogP contribution in [0.4, 0.5) is 13.2 Å². The lowest BCUT2D eigenvalue weighted by molar-refractivity contribution is -0.275. The molecule has 1 aromatic carbocycles. The average Bonchev–Trinajstić information content (AvgIpc) is 3.04. The first kappa shape index (κ1) is 19.1. The highest BCUT2D eigenvalue weighted by Gasteiger charge is 2.34. The molecule has 0 aliphatic heterocycles. The van der Waals surface area contributed by atoms with Gasteiger partial charge in [0.15, 0.2) is 11.5 Å². The number of alkyl halides is 3. The standard InChI is InChI=1S/C21H27F3O2/c1-15-18(11-5-10-16-8-4-9-16)12-13-19(20(15)26-21(22,23)24)25-14-17-6-2-3-7-17/h5,10,12-13,16-17H,2-4,6-9,11,14H2,1H3/b10-5+. The summed E-state index contributed by atoms with van der Waals surface area (Å²) in [4.78, 5) is 0. The lowest BCUT2D eigenvalue weighted by Gasteiger charge is -2.21. The van der Waals surface area contributed by atoms with Crippen LogP contribution in [0.25, 0.3) is 0 Å². The van der Waals surface area contributed by atoms with Crippen molar-refractivity contribution in [2.75, 3.05) is 6.61 Å². The maximum Gasteiger partial charge on any atom is 0.573 e. The van der Waals surface area contributed by atoms with E-state index >= 15 is 0 Å². The molecule has 2 fully saturated rings. The Bertz CT molecular complexity index is 627. The molecule has 0 bridgehead atoms. The number of halogens is 3. The molecule has 3 rings (SSSR count). The maximum absolute atomic E-state index is 12.9. The summed E-state index contributed by atoms with van der Waals surface area (Å²) in [6.07, 6.45) is 8.33. The second-order valence-corrected chi connectivity index (χ2v) is 7.51. The molecule has 5 heteroatoms. The number of benzene rings is 1. The molecule has 0 N–H and O–H groups in total. The maximum atomic E-state index is 12.9. The Morgan fingerprint density at radius 1 is 1.08 bits per heavy atom. The van der Waals surface area contributed by atoms with Gasteiger partial charge in [0.25, 0.3) is 0 Å². The van der Waals surface area contributed by atoms with E-state index in [4.69, 9.17) is 4.74 Å². The fourth-order valence-corrected chi connectivity index (χ4v) is 3.69. The van der Waals surface area contributed by atoms with Crippen LogP contribution in [-0.4, -0.2) is 13.0 Å². The fourth-order valence-electron chi connectivity index (χ4n) is 3.69. The van der Waals surface area contributed by atoms with E-state index in [1.807, 2.05) is 6.07 Å². The second kappa shape index (κ2) is 8.36. The molecule has 0 atom stereocenters. The molecule has 0 radical (unpaired) electrons. The van der Waals surface area contributed by atoms with Gasteiger partial charge < -0.3 is 9.47 Å². The summed E-state index contributed by atoms with van der Waals surface area (Å²) in [7, 11) is 0. The predicted molar refractivity (Wildman–Crippen MR) is 95.5 cm³/mol. The summed E-state index contributed by atoms with van der Waals surface area (Å²) in [5.74, 6) is 1.07. The Labute approximate surface area is 153 Å². The predicted octanol–water partition coefficient (Wildman–Crippen LogP) is 6.36. The van der Waals surface area contributed by atoms with Crippen LogP contribution in [0.1, 0.15) is 56.1 Å². The summed E-state index contributed by atoms with van der Waals surface area (Å²) in [5, 5.41) is 0. The lowest BCUT2D eigenvalue weighted by atomic mass is 9.85. The van der Waals surface area contributed by atoms with Crippen molar-refractivity contribution in [2.24, 2.45) is 11.8 Å². The molecule has 2 saturated carbocycles. The van der Waals surface area contributed by atoms with Gasteiger partial charge in [0, 0.05) is 0 Å². The van der Waals surface area contributed by atoms with Gasteiger partial charge in [-0.1, -0.05) is 37.5 Å². The normalized spacial score (nSPS) is 19.1. The van der Waals surface area contributed by atoms with Gasteiger partial charge in [-0.25, -0.2) is 0 Å². The van der Waals surface area contributed by atoms with Crippen molar-refractivity contribution in [1.29, 1.82) is 0 Å². The molecule has 0 saturated heterocycles. The number of hydrogen-bond donors (Lipinski definition) is 0. The quantitative estimate of drug-likeness (QED) is 0.521. The summed E-state index contributed by atoms with van der Waals surface area (Å²) in [6.45, 7) is 2.13. The van der Waals surface area contributed by atoms with Crippen molar-refractivity contribution in [1.82, 2.24) is 0 Å². The van der Waals surface area contributed by atoms with Crippen molar-refractivity contribution in [3.05, 3.63) is 35.4 Å². The van der Waals surface area contributed by atoms with Crippen molar-refractivity contribution in [2.45, 2.75) is 64.7 Å². The Balaban J connectivity index is 1.73. The minimum atomic E-state index is -4.73. The molecular weight excluding hydrogens is 341 g/mol. The fraction of sp³-hybridized carbons (Fsp3) is 0.619. The van der Waals surface area contributed by atoms with Gasteiger partial charge in [0.2, 0.25) is 0 Å². The smallest absolute Gasteiger partial charge is 0.489 e. The van der Waals surface area contributed by atoms with Gasteiger partial charge in [-0.05, 0) is 68.1 Å². The van der Waals surface area contributed by atoms with Crippen molar-refractivity contribution in [3.63, 3.8) is 0 Å². The third kappa shape index (κ3) is 5.18. The van der Waals surface area contributed by atoms with Gasteiger partial charge >= 0.3 is 6.36 Å². The van der Waals surface area contributed by atoms with E-state index in [2.05, 4.69) is 16.9 Å². The summed E-state index contributed by atoms with van der Waals surface area (Å²) in [6, 6.07) is 3.48. The van der Waals surface area contributed by atoms with Crippen molar-refractivity contribution < 1.29 is 22.6 Å². The number of ether oxygens (including phenoxy) is 2. The van der Waals surface area contributed by atoms with E-state index in [1.54, 1.807) is 13.0 Å². The first-order valence-electron chi connectivity index (χ1n) is 9.60. The van der Waals surface area contributed by atoms with Crippen LogP contribution in [0, 0.1) is 18.8 Å². The first-order chi connectivity index (χ1) is 12.4. The van der Waals surface area contributed by atoms with E-state index in [0.29, 0.717) is 30.4 Å². The van der Waals surface area contributed by atoms with Crippen LogP contribution in [-0.2, 0) is 6.42 Å². The Hall–Kier alpha value is -1.65. The van der Waals surface area contributed by atoms with Gasteiger partial charge in [0.1, 0.15) is 0 Å². The number of allylic oxidation sites excluding steroid dienone is 2. The first-order valence-corrected chi connectivity index (χ1v) is 9.60. The topological polar surface area (TPSA) is 18.5 Å². The second-order valence-electron chi connectivity index (χ2n) is 7.51. The van der Waals surface area contributed by atoms with E-state index < -0.39 is 6.36 Å². The zero-order valence-electron chi connectivity index (χ0n) is 15.3. The summed E-state index contributed by atoms with van der Waals surface area (Å²) in [5.41, 5.74) is 1.34. The molecule has 0 aromatic heterocycles. The number of rotatable bonds is 7. The Morgan fingerprint density at radius 2 is 1.81 bits per heavy atom. The van der Waals surface area contributed by atoms with Crippen molar-refractivity contribution >= 4 is 0 Å². The molecule has 0 unspecified atom stereocenters. The van der Waals surface area contributed by atoms with Crippen LogP contribution < -0.4 is 9.47 Å². The molecule has 26 heavy (non-hydrogen) atoms. The highest BCUT2D eigenvalue weighted by Crippen LogP contribution is 2.38. The van der Waals surface area contributed by atoms with Gasteiger partial charge in [-0.15, -0.1) is 13.2 Å². The number of hydrogen-bond acceptors (Lipinski definition) is 2. The molecule has 2 nitrogen and oxygen atoms in total. The highest BCUT2D eigenvalue weighted by atomic mass is 19.4. The molecule has 144 valence electrons. The average molecular weight is 368 g/mol. The third-order valence-electron chi connectivity index (χ3n) is 5.54. The zero-order chi connectivity index (χ0) is 18.6. The van der Waals surface area contributed by atoms with Gasteiger partial charge in [-0.2, -0.15) is 0 Å². The van der Waals surface area contributed by atoms with Crippen molar-refractivity contribution in [3.8, 4) is 11.5 Å². The van der Waals surface area contributed by atoms with Gasteiger partial charge in [-0.3, -0.25) is 0 Å². The molecule has 2 aliphatic carbocycles. The van der Waals surface area contributed by atoms with Crippen LogP contribution in [0.2, 0.25) is 0 Å². The lowest BCUT2D eigenvalue weighted by Crippen LogP contribution is -2.19. The molecule has 0 heterocycles. The Kier molecular flexibility index (Phi) is 6.15. The van der Waals surface area contributed by atoms with E-state index in [0.717, 1.165) is 18.4 Å². The van der Waals surface area contributed by atoms with Crippen LogP contribution >= 0.6 is 0 Å². The summed E-state index contributed by atoms with van der Waals surface area (Å²) < 4.78 is 48.7. The van der Waals surface area contributed by atoms with Crippen LogP contribution in [0.3, 0.4) is 0 Å². The van der Waals surface area contributed by atoms with E-state index in [9.17, 15) is 13.2 Å². The molecular formula is C21H27F3O2. The Morgan fingerprint density at radius 3 is 2.42 bits per heavy atom. The highest BCUT2D eigenvalue weighted by molar-refractivity contribution is 5.50. The minimum absolute atomic E-state index is 0.190. The van der Waals surface area contributed by atoms with E-state index in [-0.39, 0.29) is 11.5 Å². The summed E-state index contributed by atoms with van der Waals surface area (Å²) >= 11 is 0. The molecule has 2 aliphatic rings. The SMILES string of the molecule is Cc1c(C/C=C/C2CCC2)ccc(OCC2CCCC2)c1OC(F)(F)F. The molecule has 0 amide bonds. The molecule has 1 aromatic rings. The minimum Gasteiger partial charge on any atom is -0.489 e. The third-order valence-corrected chi connectivity index (χ3v) is 5.54. The molecule has 0 spiro atoms. The van der Waals surface area contributed by atoms with E-state index in [1.165, 1.54) is 32.1 Å². The van der Waals surface area contributed by atoms with Gasteiger partial charge in [0.05, 0.1) is 6.61 Å².